The van der Waals surface area contributed by atoms with Crippen molar-refractivity contribution < 1.29 is 20.1 Å². The largest absolute Gasteiger partial charge is 0.504 e. The summed E-state index contributed by atoms with van der Waals surface area (Å²) in [4.78, 5) is 13.7. The fraction of sp³-hybridized carbons (Fsp3) is 0.211. The molecule has 0 aliphatic carbocycles. The zero-order chi connectivity index (χ0) is 19.1. The van der Waals surface area contributed by atoms with Gasteiger partial charge in [0, 0.05) is 23.5 Å². The number of aromatic hydroxyl groups is 2. The maximum absolute atomic E-state index is 10.6. The smallest absolute Gasteiger partial charge is 0.320 e. The Balaban J connectivity index is 0.000000197. The number of benzene rings is 2. The van der Waals surface area contributed by atoms with E-state index in [-0.39, 0.29) is 11.5 Å². The third-order valence-corrected chi connectivity index (χ3v) is 3.90. The Morgan fingerprint density at radius 2 is 1.85 bits per heavy atom. The SMILES string of the molecule is NC(Cc1c[nH]c2ccccc12)C(=O)O.NCCc1ccc(O)c(O)c1. The minimum absolute atomic E-state index is 0.0871. The van der Waals surface area contributed by atoms with Gasteiger partial charge in [-0.1, -0.05) is 24.3 Å². The number of aliphatic carboxylic acids is 1. The summed E-state index contributed by atoms with van der Waals surface area (Å²) in [6.45, 7) is 0.546. The van der Waals surface area contributed by atoms with Gasteiger partial charge in [-0.2, -0.15) is 0 Å². The first kappa shape index (κ1) is 19.3. The van der Waals surface area contributed by atoms with Crippen LogP contribution in [0, 0.1) is 0 Å². The number of nitrogens with two attached hydrogens (primary N) is 2. The third kappa shape index (κ3) is 4.98. The summed E-state index contributed by atoms with van der Waals surface area (Å²) in [6.07, 6.45) is 2.88. The molecule has 26 heavy (non-hydrogen) atoms. The van der Waals surface area contributed by atoms with Crippen LogP contribution in [0.4, 0.5) is 0 Å². The number of carboxylic acid groups (broad SMARTS) is 1. The molecule has 0 fully saturated rings. The van der Waals surface area contributed by atoms with Gasteiger partial charge in [-0.15, -0.1) is 0 Å². The Kier molecular flexibility index (Phi) is 6.60. The molecular weight excluding hydrogens is 334 g/mol. The highest BCUT2D eigenvalue weighted by molar-refractivity contribution is 5.84. The Morgan fingerprint density at radius 3 is 2.50 bits per heavy atom. The number of rotatable bonds is 5. The molecule has 7 nitrogen and oxygen atoms in total. The molecule has 0 aliphatic heterocycles. The van der Waals surface area contributed by atoms with Crippen LogP contribution in [0.2, 0.25) is 0 Å². The maximum Gasteiger partial charge on any atom is 0.320 e. The topological polar surface area (TPSA) is 146 Å². The quantitative estimate of drug-likeness (QED) is 0.383. The molecule has 1 unspecified atom stereocenters. The van der Waals surface area contributed by atoms with Crippen LogP contribution in [0.3, 0.4) is 0 Å². The van der Waals surface area contributed by atoms with Crippen LogP contribution in [0.25, 0.3) is 10.9 Å². The summed E-state index contributed by atoms with van der Waals surface area (Å²) in [5.74, 6) is -1.15. The maximum atomic E-state index is 10.6. The standard InChI is InChI=1S/C11H12N2O2.C8H11NO2/c12-9(11(14)15)5-7-6-13-10-4-2-1-3-8(7)10;9-4-3-6-1-2-7(10)8(11)5-6/h1-4,6,9,13H,5,12H2,(H,14,15);1-2,5,10-11H,3-4,9H2. The summed E-state index contributed by atoms with van der Waals surface area (Å²) in [5.41, 5.74) is 13.7. The number of phenols is 2. The van der Waals surface area contributed by atoms with Gasteiger partial charge in [0.05, 0.1) is 0 Å². The number of aromatic nitrogens is 1. The van der Waals surface area contributed by atoms with E-state index in [4.69, 9.17) is 26.8 Å². The van der Waals surface area contributed by atoms with Crippen molar-refractivity contribution in [2.24, 2.45) is 11.5 Å². The summed E-state index contributed by atoms with van der Waals surface area (Å²) in [7, 11) is 0. The van der Waals surface area contributed by atoms with Crippen molar-refractivity contribution in [2.45, 2.75) is 18.9 Å². The Labute approximate surface area is 150 Å². The van der Waals surface area contributed by atoms with Crippen molar-refractivity contribution in [1.29, 1.82) is 0 Å². The molecule has 0 bridgehead atoms. The van der Waals surface area contributed by atoms with Gasteiger partial charge in [0.2, 0.25) is 0 Å². The van der Waals surface area contributed by atoms with E-state index in [2.05, 4.69) is 4.98 Å². The molecule has 7 heteroatoms. The minimum Gasteiger partial charge on any atom is -0.504 e. The molecular formula is C19H23N3O4. The number of aromatic amines is 1. The van der Waals surface area contributed by atoms with Gasteiger partial charge < -0.3 is 31.8 Å². The molecule has 0 spiro atoms. The fourth-order valence-corrected chi connectivity index (χ4v) is 2.52. The number of para-hydroxylation sites is 1. The molecule has 0 radical (unpaired) electrons. The average Bonchev–Trinajstić information content (AvgIpc) is 3.02. The van der Waals surface area contributed by atoms with Gasteiger partial charge in [0.15, 0.2) is 11.5 Å². The summed E-state index contributed by atoms with van der Waals surface area (Å²) < 4.78 is 0. The van der Waals surface area contributed by atoms with Crippen LogP contribution >= 0.6 is 0 Å². The summed E-state index contributed by atoms with van der Waals surface area (Å²) >= 11 is 0. The van der Waals surface area contributed by atoms with E-state index in [1.165, 1.54) is 12.1 Å². The Bertz CT molecular complexity index is 876. The molecule has 3 rings (SSSR count). The molecule has 3 aromatic rings. The Morgan fingerprint density at radius 1 is 1.12 bits per heavy atom. The van der Waals surface area contributed by atoms with E-state index in [9.17, 15) is 4.79 Å². The van der Waals surface area contributed by atoms with Gasteiger partial charge in [-0.3, -0.25) is 4.79 Å². The molecule has 138 valence electrons. The van der Waals surface area contributed by atoms with E-state index in [1.54, 1.807) is 6.07 Å². The number of carbonyl (C=O) groups is 1. The number of phenolic OH excluding ortho intramolecular Hbond substituents is 2. The van der Waals surface area contributed by atoms with Crippen molar-refractivity contribution in [3.8, 4) is 11.5 Å². The predicted octanol–water partition coefficient (Wildman–Crippen LogP) is 1.72. The predicted molar refractivity (Wildman–Crippen MR) is 100 cm³/mol. The van der Waals surface area contributed by atoms with Gasteiger partial charge in [0.1, 0.15) is 6.04 Å². The second-order valence-corrected chi connectivity index (χ2v) is 5.87. The van der Waals surface area contributed by atoms with Crippen LogP contribution in [-0.2, 0) is 17.6 Å². The summed E-state index contributed by atoms with van der Waals surface area (Å²) in [6, 6.07) is 11.6. The van der Waals surface area contributed by atoms with Crippen LogP contribution in [-0.4, -0.2) is 38.9 Å². The van der Waals surface area contributed by atoms with E-state index in [1.807, 2.05) is 30.5 Å². The highest BCUT2D eigenvalue weighted by Gasteiger charge is 2.14. The normalized spacial score (nSPS) is 11.6. The lowest BCUT2D eigenvalue weighted by Gasteiger charge is -2.04. The van der Waals surface area contributed by atoms with Gasteiger partial charge in [-0.25, -0.2) is 0 Å². The van der Waals surface area contributed by atoms with Crippen molar-refractivity contribution in [3.63, 3.8) is 0 Å². The number of H-pyrrole nitrogens is 1. The van der Waals surface area contributed by atoms with E-state index in [0.717, 1.165) is 22.0 Å². The first-order chi connectivity index (χ1) is 12.4. The first-order valence-electron chi connectivity index (χ1n) is 8.16. The molecule has 0 saturated heterocycles. The van der Waals surface area contributed by atoms with Crippen molar-refractivity contribution in [3.05, 3.63) is 59.8 Å². The number of hydrogen-bond donors (Lipinski definition) is 6. The monoisotopic (exact) mass is 357 g/mol. The highest BCUT2D eigenvalue weighted by Crippen LogP contribution is 2.24. The van der Waals surface area contributed by atoms with Gasteiger partial charge in [0.25, 0.3) is 0 Å². The van der Waals surface area contributed by atoms with Crippen molar-refractivity contribution >= 4 is 16.9 Å². The molecule has 1 atom stereocenters. The number of carboxylic acids is 1. The zero-order valence-corrected chi connectivity index (χ0v) is 14.2. The molecule has 8 N–H and O–H groups in total. The lowest BCUT2D eigenvalue weighted by molar-refractivity contribution is -0.138. The fourth-order valence-electron chi connectivity index (χ4n) is 2.52. The first-order valence-corrected chi connectivity index (χ1v) is 8.16. The van der Waals surface area contributed by atoms with Crippen molar-refractivity contribution in [1.82, 2.24) is 4.98 Å². The average molecular weight is 357 g/mol. The van der Waals surface area contributed by atoms with Crippen LogP contribution < -0.4 is 11.5 Å². The minimum atomic E-state index is -0.972. The molecule has 0 saturated carbocycles. The molecule has 2 aromatic carbocycles. The molecule has 0 aliphatic rings. The number of nitrogens with one attached hydrogen (secondary N) is 1. The second-order valence-electron chi connectivity index (χ2n) is 5.87. The van der Waals surface area contributed by atoms with E-state index >= 15 is 0 Å². The molecule has 1 aromatic heterocycles. The molecule has 1 heterocycles. The van der Waals surface area contributed by atoms with Gasteiger partial charge >= 0.3 is 5.97 Å². The number of fused-ring (bicyclic) bond motifs is 1. The lowest BCUT2D eigenvalue weighted by Crippen LogP contribution is -2.32. The van der Waals surface area contributed by atoms with Crippen LogP contribution in [0.1, 0.15) is 11.1 Å². The number of hydrogen-bond acceptors (Lipinski definition) is 5. The molecule has 0 amide bonds. The van der Waals surface area contributed by atoms with Crippen LogP contribution in [0.5, 0.6) is 11.5 Å². The van der Waals surface area contributed by atoms with E-state index < -0.39 is 12.0 Å². The zero-order valence-electron chi connectivity index (χ0n) is 14.2. The Hall–Kier alpha value is -3.03. The van der Waals surface area contributed by atoms with Crippen LogP contribution in [0.15, 0.2) is 48.7 Å². The second kappa shape index (κ2) is 8.89. The van der Waals surface area contributed by atoms with E-state index in [0.29, 0.717) is 19.4 Å². The summed E-state index contributed by atoms with van der Waals surface area (Å²) in [5, 5.41) is 27.7. The highest BCUT2D eigenvalue weighted by atomic mass is 16.4. The van der Waals surface area contributed by atoms with Crippen molar-refractivity contribution in [2.75, 3.05) is 6.54 Å². The van der Waals surface area contributed by atoms with Gasteiger partial charge in [-0.05, 0) is 42.3 Å². The lowest BCUT2D eigenvalue weighted by atomic mass is 10.1. The third-order valence-electron chi connectivity index (χ3n) is 3.90.